The van der Waals surface area contributed by atoms with Crippen molar-refractivity contribution in [3.05, 3.63) is 104 Å². The molecule has 198 valence electrons. The number of carbonyl (C=O) groups excluding carboxylic acids is 2. The fourth-order valence-electron chi connectivity index (χ4n) is 4.72. The molecule has 1 heterocycles. The lowest BCUT2D eigenvalue weighted by atomic mass is 9.95. The monoisotopic (exact) mass is 624 g/mol. The van der Waals surface area contributed by atoms with Crippen LogP contribution in [0.2, 0.25) is 0 Å². The van der Waals surface area contributed by atoms with Gasteiger partial charge in [0, 0.05) is 22.2 Å². The molecule has 3 aromatic carbocycles. The number of ether oxygens (including phenoxy) is 1. The molecule has 1 unspecified atom stereocenters. The van der Waals surface area contributed by atoms with Crippen molar-refractivity contribution in [3.63, 3.8) is 0 Å². The number of Topliss-reactive ketones (excluding diaryl/α,β-unsaturated/α-hetero) is 1. The van der Waals surface area contributed by atoms with Gasteiger partial charge >= 0.3 is 0 Å². The van der Waals surface area contributed by atoms with Crippen LogP contribution in [0.4, 0.5) is 0 Å². The minimum atomic E-state index is -0.662. The Morgan fingerprint density at radius 2 is 1.68 bits per heavy atom. The van der Waals surface area contributed by atoms with Gasteiger partial charge in [-0.25, -0.2) is 0 Å². The van der Waals surface area contributed by atoms with Gasteiger partial charge in [-0.1, -0.05) is 55.8 Å². The maximum absolute atomic E-state index is 13.3. The van der Waals surface area contributed by atoms with E-state index in [2.05, 4.69) is 47.4 Å². The summed E-state index contributed by atoms with van der Waals surface area (Å²) >= 11 is 2.22. The first-order valence-electron chi connectivity index (χ1n) is 12.9. The first-order chi connectivity index (χ1) is 18.3. The molecule has 0 spiro atoms. The van der Waals surface area contributed by atoms with Crippen molar-refractivity contribution in [2.45, 2.75) is 33.4 Å². The minimum absolute atomic E-state index is 0.115. The first-order valence-corrected chi connectivity index (χ1v) is 13.9. The molecular formula is C31H33IN2O4. The van der Waals surface area contributed by atoms with E-state index in [0.29, 0.717) is 31.0 Å². The van der Waals surface area contributed by atoms with Crippen LogP contribution in [0.3, 0.4) is 0 Å². The summed E-state index contributed by atoms with van der Waals surface area (Å²) in [7, 11) is 0. The van der Waals surface area contributed by atoms with Crippen molar-refractivity contribution < 1.29 is 19.4 Å². The zero-order valence-corrected chi connectivity index (χ0v) is 24.1. The highest BCUT2D eigenvalue weighted by atomic mass is 127. The number of rotatable bonds is 10. The van der Waals surface area contributed by atoms with E-state index in [9.17, 15) is 14.7 Å². The summed E-state index contributed by atoms with van der Waals surface area (Å²) in [4.78, 5) is 30.2. The third kappa shape index (κ3) is 6.27. The highest BCUT2D eigenvalue weighted by molar-refractivity contribution is 14.1. The molecule has 0 bridgehead atoms. The third-order valence-corrected chi connectivity index (χ3v) is 7.61. The predicted molar refractivity (Wildman–Crippen MR) is 158 cm³/mol. The van der Waals surface area contributed by atoms with Crippen molar-refractivity contribution in [2.24, 2.45) is 0 Å². The Hall–Kier alpha value is -3.17. The molecule has 7 heteroatoms. The van der Waals surface area contributed by atoms with Crippen LogP contribution in [0.25, 0.3) is 5.76 Å². The Balaban J connectivity index is 1.63. The van der Waals surface area contributed by atoms with E-state index < -0.39 is 17.7 Å². The van der Waals surface area contributed by atoms with Crippen LogP contribution in [0, 0.1) is 10.5 Å². The van der Waals surface area contributed by atoms with Gasteiger partial charge in [-0.2, -0.15) is 0 Å². The van der Waals surface area contributed by atoms with Gasteiger partial charge in [0.15, 0.2) is 0 Å². The van der Waals surface area contributed by atoms with Crippen LogP contribution in [-0.2, 0) is 16.2 Å². The van der Waals surface area contributed by atoms with E-state index in [1.54, 1.807) is 29.2 Å². The van der Waals surface area contributed by atoms with Crippen LogP contribution in [0.15, 0.2) is 78.4 Å². The molecule has 0 aromatic heterocycles. The molecule has 1 amide bonds. The van der Waals surface area contributed by atoms with Crippen LogP contribution in [0.5, 0.6) is 5.75 Å². The molecule has 38 heavy (non-hydrogen) atoms. The number of hydrogen-bond acceptors (Lipinski definition) is 5. The van der Waals surface area contributed by atoms with Gasteiger partial charge in [0.2, 0.25) is 0 Å². The largest absolute Gasteiger partial charge is 0.507 e. The maximum atomic E-state index is 13.3. The van der Waals surface area contributed by atoms with E-state index in [4.69, 9.17) is 4.74 Å². The van der Waals surface area contributed by atoms with Gasteiger partial charge in [-0.3, -0.25) is 9.59 Å². The fraction of sp³-hybridized carbons (Fsp3) is 0.290. The first kappa shape index (κ1) is 27.9. The Kier molecular flexibility index (Phi) is 9.22. The molecule has 1 aliphatic heterocycles. The number of amides is 1. The third-order valence-electron chi connectivity index (χ3n) is 6.89. The summed E-state index contributed by atoms with van der Waals surface area (Å²) in [5, 5.41) is 11.3. The highest BCUT2D eigenvalue weighted by Gasteiger charge is 2.45. The molecular weight excluding hydrogens is 591 g/mol. The molecule has 1 saturated heterocycles. The number of aryl methyl sites for hydroxylation is 1. The number of ketones is 1. The van der Waals surface area contributed by atoms with E-state index in [-0.39, 0.29) is 11.3 Å². The van der Waals surface area contributed by atoms with Crippen molar-refractivity contribution >= 4 is 40.0 Å². The lowest BCUT2D eigenvalue weighted by molar-refractivity contribution is -0.140. The molecule has 1 N–H and O–H groups in total. The fourth-order valence-corrected chi connectivity index (χ4v) is 5.08. The van der Waals surface area contributed by atoms with Crippen LogP contribution in [0.1, 0.15) is 42.1 Å². The van der Waals surface area contributed by atoms with Crippen molar-refractivity contribution in [3.8, 4) is 5.75 Å². The standard InChI is InChI=1S/C31H33IN2O4/c1-4-33(5-2)17-18-34-28(23-9-13-25(32)14-10-23)27(30(36)31(34)37)29(35)24-11-15-26(16-12-24)38-20-22-8-6-7-21(3)19-22/h6-16,19,28,35H,4-5,17-18,20H2,1-3H3. The summed E-state index contributed by atoms with van der Waals surface area (Å²) in [6.45, 7) is 9.36. The molecule has 3 aromatic rings. The van der Waals surface area contributed by atoms with Gasteiger partial charge in [-0.15, -0.1) is 0 Å². The molecule has 4 rings (SSSR count). The van der Waals surface area contributed by atoms with E-state index in [1.807, 2.05) is 49.4 Å². The molecule has 0 aliphatic carbocycles. The maximum Gasteiger partial charge on any atom is 0.295 e. The number of halogens is 1. The van der Waals surface area contributed by atoms with Crippen LogP contribution < -0.4 is 4.74 Å². The average Bonchev–Trinajstić information content (AvgIpc) is 3.18. The Morgan fingerprint density at radius 3 is 2.32 bits per heavy atom. The smallest absolute Gasteiger partial charge is 0.295 e. The summed E-state index contributed by atoms with van der Waals surface area (Å²) in [5.74, 6) is -0.773. The van der Waals surface area contributed by atoms with Crippen LogP contribution in [-0.4, -0.2) is 52.8 Å². The SMILES string of the molecule is CCN(CC)CCN1C(=O)C(=O)C(=C(O)c2ccc(OCc3cccc(C)c3)cc2)C1c1ccc(I)cc1. The van der Waals surface area contributed by atoms with E-state index in [1.165, 1.54) is 5.56 Å². The number of hydrogen-bond donors (Lipinski definition) is 1. The lowest BCUT2D eigenvalue weighted by Crippen LogP contribution is -2.38. The Bertz CT molecular complexity index is 1310. The second-order valence-corrected chi connectivity index (χ2v) is 10.6. The number of likely N-dealkylation sites (tertiary alicyclic amines) is 1. The number of carbonyl (C=O) groups is 2. The second-order valence-electron chi connectivity index (χ2n) is 9.37. The summed E-state index contributed by atoms with van der Waals surface area (Å²) in [6, 6.07) is 22.2. The molecule has 1 fully saturated rings. The number of aliphatic hydroxyl groups is 1. The molecule has 1 atom stereocenters. The zero-order chi connectivity index (χ0) is 27.2. The second kappa shape index (κ2) is 12.6. The molecule has 0 radical (unpaired) electrons. The van der Waals surface area contributed by atoms with Gasteiger partial charge in [0.25, 0.3) is 11.7 Å². The van der Waals surface area contributed by atoms with Gasteiger partial charge in [0.05, 0.1) is 11.6 Å². The van der Waals surface area contributed by atoms with Crippen molar-refractivity contribution in [1.82, 2.24) is 9.80 Å². The molecule has 6 nitrogen and oxygen atoms in total. The van der Waals surface area contributed by atoms with E-state index in [0.717, 1.165) is 27.8 Å². The topological polar surface area (TPSA) is 70.1 Å². The molecule has 0 saturated carbocycles. The van der Waals surface area contributed by atoms with Gasteiger partial charge in [0.1, 0.15) is 18.1 Å². The zero-order valence-electron chi connectivity index (χ0n) is 22.0. The Morgan fingerprint density at radius 1 is 1.00 bits per heavy atom. The lowest BCUT2D eigenvalue weighted by Gasteiger charge is -2.28. The summed E-state index contributed by atoms with van der Waals surface area (Å²) in [6.07, 6.45) is 0. The van der Waals surface area contributed by atoms with Crippen LogP contribution >= 0.6 is 22.6 Å². The quantitative estimate of drug-likeness (QED) is 0.131. The van der Waals surface area contributed by atoms with E-state index >= 15 is 0 Å². The average molecular weight is 625 g/mol. The highest BCUT2D eigenvalue weighted by Crippen LogP contribution is 2.39. The number of nitrogens with zero attached hydrogens (tertiary/aromatic N) is 2. The number of likely N-dealkylation sites (N-methyl/N-ethyl adjacent to an activating group) is 1. The summed E-state index contributed by atoms with van der Waals surface area (Å²) in [5.41, 5.74) is 3.61. The van der Waals surface area contributed by atoms with Crippen molar-refractivity contribution in [1.29, 1.82) is 0 Å². The number of aliphatic hydroxyl groups excluding tert-OH is 1. The molecule has 1 aliphatic rings. The normalized spacial score (nSPS) is 16.9. The summed E-state index contributed by atoms with van der Waals surface area (Å²) < 4.78 is 6.96. The van der Waals surface area contributed by atoms with Crippen molar-refractivity contribution in [2.75, 3.05) is 26.2 Å². The van der Waals surface area contributed by atoms with Gasteiger partial charge < -0.3 is 19.6 Å². The Labute approximate surface area is 238 Å². The number of benzene rings is 3. The minimum Gasteiger partial charge on any atom is -0.507 e. The van der Waals surface area contributed by atoms with Gasteiger partial charge in [-0.05, 0) is 90.1 Å². The predicted octanol–water partition coefficient (Wildman–Crippen LogP) is 5.94.